The van der Waals surface area contributed by atoms with E-state index in [1.807, 2.05) is 12.3 Å². The van der Waals surface area contributed by atoms with Gasteiger partial charge in [0.2, 0.25) is 0 Å². The predicted octanol–water partition coefficient (Wildman–Crippen LogP) is 4.52. The molecule has 0 N–H and O–H groups in total. The number of anilines is 1. The second kappa shape index (κ2) is 9.29. The number of pyridine rings is 1. The summed E-state index contributed by atoms with van der Waals surface area (Å²) in [6.45, 7) is 8.41. The first-order valence-corrected chi connectivity index (χ1v) is 12.8. The minimum absolute atomic E-state index is 0.180. The molecule has 5 rings (SSSR count). The summed E-state index contributed by atoms with van der Waals surface area (Å²) >= 11 is 0. The maximum Gasteiger partial charge on any atom is 0.261 e. The molecule has 2 aromatic heterocycles. The third kappa shape index (κ3) is 4.31. The van der Waals surface area contributed by atoms with Crippen molar-refractivity contribution in [2.75, 3.05) is 31.1 Å². The van der Waals surface area contributed by atoms with Crippen LogP contribution in [0, 0.1) is 0 Å². The Morgan fingerprint density at radius 1 is 1.00 bits per heavy atom. The van der Waals surface area contributed by atoms with Crippen molar-refractivity contribution in [3.63, 3.8) is 0 Å². The van der Waals surface area contributed by atoms with E-state index in [9.17, 15) is 4.79 Å². The van der Waals surface area contributed by atoms with Crippen LogP contribution in [-0.2, 0) is 0 Å². The Hall–Kier alpha value is -2.30. The summed E-state index contributed by atoms with van der Waals surface area (Å²) in [6, 6.07) is 11.3. The van der Waals surface area contributed by atoms with Gasteiger partial charge in [0.1, 0.15) is 5.75 Å². The molecule has 0 bridgehead atoms. The lowest BCUT2D eigenvalue weighted by Gasteiger charge is -2.43. The molecule has 1 aromatic carbocycles. The Bertz CT molecular complexity index is 1110. The van der Waals surface area contributed by atoms with Gasteiger partial charge >= 0.3 is 0 Å². The Balaban J connectivity index is 1.18. The van der Waals surface area contributed by atoms with Gasteiger partial charge < -0.3 is 9.64 Å². The van der Waals surface area contributed by atoms with E-state index in [1.54, 1.807) is 6.20 Å². The first kappa shape index (κ1) is 21.5. The highest BCUT2D eigenvalue weighted by Crippen LogP contribution is 2.35. The van der Waals surface area contributed by atoms with Crippen molar-refractivity contribution in [3.05, 3.63) is 53.1 Å². The molecule has 1 saturated carbocycles. The zero-order chi connectivity index (χ0) is 22.1. The topological polar surface area (TPSA) is 50.6 Å². The number of rotatable bonds is 5. The maximum absolute atomic E-state index is 12.8. The van der Waals surface area contributed by atoms with Gasteiger partial charge in [-0.2, -0.15) is 0 Å². The molecule has 0 radical (unpaired) electrons. The van der Waals surface area contributed by atoms with E-state index in [0.717, 1.165) is 55.3 Å². The maximum atomic E-state index is 12.8. The largest absolute Gasteiger partial charge is 0.489 e. The monoisotopic (exact) mass is 452 g/mol. The van der Waals surface area contributed by atoms with Crippen LogP contribution in [0.5, 0.6) is 5.75 Å². The van der Waals surface area contributed by atoms with E-state index >= 15 is 0 Å². The number of piperazine rings is 1. The van der Waals surface area contributed by atoms with Gasteiger partial charge in [0, 0.05) is 55.8 Å². The Morgan fingerprint density at radius 3 is 2.44 bits per heavy atom. The number of ether oxygens (including phenoxy) is 1. The fourth-order valence-corrected chi connectivity index (χ4v) is 6.68. The first-order chi connectivity index (χ1) is 15.6. The third-order valence-electron chi connectivity index (χ3n) is 6.94. The van der Waals surface area contributed by atoms with Crippen LogP contribution in [0.2, 0.25) is 0 Å². The van der Waals surface area contributed by atoms with Crippen LogP contribution < -0.4 is 15.2 Å². The molecule has 7 heteroatoms. The molecule has 0 amide bonds. The zero-order valence-corrected chi connectivity index (χ0v) is 20.0. The molecule has 1 unspecified atom stereocenters. The smallest absolute Gasteiger partial charge is 0.261 e. The average Bonchev–Trinajstić information content (AvgIpc) is 3.16. The second-order valence-corrected chi connectivity index (χ2v) is 10.6. The van der Waals surface area contributed by atoms with Crippen LogP contribution >= 0.6 is 8.35 Å². The molecule has 1 atom stereocenters. The standard InChI is InChI=1S/C25H33N4O2P/c1-18(2)31-23-6-4-3-5-22(23)28-15-13-27(14-16-28)19-7-9-20(10-8-19)29-25(30)21-11-12-26-17-24(21)32-29/h3-6,11-12,17-20,32H,7-10,13-16H2,1-2H3. The van der Waals surface area contributed by atoms with E-state index in [1.165, 1.54) is 18.5 Å². The molecule has 2 fully saturated rings. The van der Waals surface area contributed by atoms with E-state index < -0.39 is 0 Å². The van der Waals surface area contributed by atoms with Crippen LogP contribution in [0.3, 0.4) is 0 Å². The molecule has 170 valence electrons. The number of benzene rings is 1. The van der Waals surface area contributed by atoms with Crippen molar-refractivity contribution in [3.8, 4) is 5.75 Å². The van der Waals surface area contributed by atoms with Gasteiger partial charge in [-0.05, 0) is 57.7 Å². The van der Waals surface area contributed by atoms with Gasteiger partial charge in [-0.3, -0.25) is 19.0 Å². The number of aromatic nitrogens is 2. The molecule has 32 heavy (non-hydrogen) atoms. The van der Waals surface area contributed by atoms with Gasteiger partial charge in [-0.25, -0.2) is 0 Å². The molecule has 3 aromatic rings. The first-order valence-electron chi connectivity index (χ1n) is 11.9. The number of hydrogen-bond donors (Lipinski definition) is 0. The fourth-order valence-electron chi connectivity index (χ4n) is 5.32. The lowest BCUT2D eigenvalue weighted by atomic mass is 9.90. The van der Waals surface area contributed by atoms with Gasteiger partial charge in [-0.15, -0.1) is 0 Å². The van der Waals surface area contributed by atoms with Crippen LogP contribution in [0.4, 0.5) is 5.69 Å². The van der Waals surface area contributed by atoms with Crippen LogP contribution in [0.1, 0.15) is 45.6 Å². The highest BCUT2D eigenvalue weighted by molar-refractivity contribution is 7.33. The number of hydrogen-bond acceptors (Lipinski definition) is 5. The van der Waals surface area contributed by atoms with Gasteiger partial charge in [-0.1, -0.05) is 20.5 Å². The molecule has 6 nitrogen and oxygen atoms in total. The fraction of sp³-hybridized carbons (Fsp3) is 0.520. The molecule has 1 aliphatic heterocycles. The van der Waals surface area contributed by atoms with Crippen molar-refractivity contribution >= 4 is 24.5 Å². The summed E-state index contributed by atoms with van der Waals surface area (Å²) < 4.78 is 8.16. The summed E-state index contributed by atoms with van der Waals surface area (Å²) in [5.74, 6) is 0.990. The highest BCUT2D eigenvalue weighted by Gasteiger charge is 2.30. The van der Waals surface area contributed by atoms with Crippen molar-refractivity contribution in [1.82, 2.24) is 14.2 Å². The number of fused-ring (bicyclic) bond motifs is 1. The predicted molar refractivity (Wildman–Crippen MR) is 133 cm³/mol. The Morgan fingerprint density at radius 2 is 1.72 bits per heavy atom. The summed E-state index contributed by atoms with van der Waals surface area (Å²) in [4.78, 5) is 22.2. The van der Waals surface area contributed by atoms with Gasteiger partial charge in [0.25, 0.3) is 5.56 Å². The third-order valence-corrected chi connectivity index (χ3v) is 8.39. The van der Waals surface area contributed by atoms with Crippen LogP contribution in [0.25, 0.3) is 10.5 Å². The second-order valence-electron chi connectivity index (χ2n) is 9.33. The van der Waals surface area contributed by atoms with Crippen molar-refractivity contribution < 1.29 is 4.74 Å². The van der Waals surface area contributed by atoms with E-state index in [0.29, 0.717) is 20.4 Å². The van der Waals surface area contributed by atoms with Crippen molar-refractivity contribution in [2.24, 2.45) is 0 Å². The average molecular weight is 453 g/mol. The molecule has 3 heterocycles. The molecule has 1 aliphatic carbocycles. The van der Waals surface area contributed by atoms with E-state index in [2.05, 4.69) is 57.2 Å². The van der Waals surface area contributed by atoms with E-state index in [-0.39, 0.29) is 11.7 Å². The summed E-state index contributed by atoms with van der Waals surface area (Å²) in [7, 11) is 0.447. The quantitative estimate of drug-likeness (QED) is 0.570. The van der Waals surface area contributed by atoms with Crippen LogP contribution in [0.15, 0.2) is 47.5 Å². The minimum Gasteiger partial charge on any atom is -0.489 e. The molecule has 1 saturated heterocycles. The van der Waals surface area contributed by atoms with Gasteiger partial charge in [0.15, 0.2) is 0 Å². The SMILES string of the molecule is CC(C)Oc1ccccc1N1CCN(C2CCC(n3[pH]c4cnccc4c3=O)CC2)CC1. The summed E-state index contributed by atoms with van der Waals surface area (Å²) in [5.41, 5.74) is 1.42. The lowest BCUT2D eigenvalue weighted by molar-refractivity contribution is 0.132. The normalized spacial score (nSPS) is 22.8. The van der Waals surface area contributed by atoms with Crippen molar-refractivity contribution in [2.45, 2.75) is 57.7 Å². The zero-order valence-electron chi connectivity index (χ0n) is 19.0. The Labute approximate surface area is 191 Å². The number of para-hydroxylation sites is 2. The minimum atomic E-state index is 0.180. The molecular formula is C25H33N4O2P. The van der Waals surface area contributed by atoms with Crippen molar-refractivity contribution in [1.29, 1.82) is 0 Å². The summed E-state index contributed by atoms with van der Waals surface area (Å²) in [6.07, 6.45) is 8.35. The summed E-state index contributed by atoms with van der Waals surface area (Å²) in [5, 5.41) is 1.97. The Kier molecular flexibility index (Phi) is 6.25. The molecular weight excluding hydrogens is 419 g/mol. The highest BCUT2D eigenvalue weighted by atomic mass is 31.0. The van der Waals surface area contributed by atoms with Gasteiger partial charge in [0.05, 0.1) is 17.2 Å². The molecule has 2 aliphatic rings. The molecule has 0 spiro atoms. The number of nitrogens with zero attached hydrogens (tertiary/aromatic N) is 4. The van der Waals surface area contributed by atoms with Crippen LogP contribution in [-0.4, -0.2) is 52.5 Å². The lowest BCUT2D eigenvalue weighted by Crippen LogP contribution is -2.51. The van der Waals surface area contributed by atoms with E-state index in [4.69, 9.17) is 4.74 Å².